The van der Waals surface area contributed by atoms with Crippen LogP contribution in [0.2, 0.25) is 0 Å². The van der Waals surface area contributed by atoms with Crippen LogP contribution in [-0.4, -0.2) is 29.3 Å². The second-order valence-corrected chi connectivity index (χ2v) is 4.69. The van der Waals surface area contributed by atoms with Crippen LogP contribution in [0.25, 0.3) is 0 Å². The Morgan fingerprint density at radius 2 is 2.00 bits per heavy atom. The summed E-state index contributed by atoms with van der Waals surface area (Å²) in [5.41, 5.74) is 6.73. The molecule has 1 aromatic heterocycles. The maximum Gasteiger partial charge on any atom is 0.150 e. The highest BCUT2D eigenvalue weighted by Crippen LogP contribution is 2.10. The molecule has 0 aliphatic rings. The average Bonchev–Trinajstić information content (AvgIpc) is 2.14. The van der Waals surface area contributed by atoms with Crippen LogP contribution < -0.4 is 10.6 Å². The normalized spacial score (nSPS) is 11.5. The molecule has 1 heterocycles. The van der Waals surface area contributed by atoms with E-state index >= 15 is 0 Å². The van der Waals surface area contributed by atoms with Gasteiger partial charge in [-0.15, -0.1) is 5.10 Å². The molecule has 0 aliphatic carbocycles. The first-order valence-corrected chi connectivity index (χ1v) is 5.19. The molecule has 0 saturated carbocycles. The van der Waals surface area contributed by atoms with E-state index in [4.69, 9.17) is 5.73 Å². The molecule has 0 unspecified atom stereocenters. The molecule has 1 aromatic rings. The predicted octanol–water partition coefficient (Wildman–Crippen LogP) is 1.35. The molecule has 2 N–H and O–H groups in total. The van der Waals surface area contributed by atoms with Crippen molar-refractivity contribution in [2.75, 3.05) is 18.5 Å². The molecule has 15 heavy (non-hydrogen) atoms. The zero-order valence-corrected chi connectivity index (χ0v) is 9.99. The quantitative estimate of drug-likeness (QED) is 0.811. The number of aryl methyl sites for hydroxylation is 1. The molecule has 0 saturated heterocycles. The molecule has 0 spiro atoms. The van der Waals surface area contributed by atoms with E-state index in [0.29, 0.717) is 0 Å². The van der Waals surface area contributed by atoms with Crippen molar-refractivity contribution in [2.24, 2.45) is 5.73 Å². The largest absolute Gasteiger partial charge is 0.358 e. The highest BCUT2D eigenvalue weighted by atomic mass is 15.2. The van der Waals surface area contributed by atoms with Gasteiger partial charge in [-0.3, -0.25) is 0 Å². The lowest BCUT2D eigenvalue weighted by Gasteiger charge is -2.23. The van der Waals surface area contributed by atoms with Gasteiger partial charge in [-0.05, 0) is 39.3 Å². The van der Waals surface area contributed by atoms with Gasteiger partial charge in [-0.25, -0.2) is 0 Å². The van der Waals surface area contributed by atoms with Gasteiger partial charge in [0.05, 0.1) is 5.69 Å². The summed E-state index contributed by atoms with van der Waals surface area (Å²) >= 11 is 0. The number of anilines is 1. The van der Waals surface area contributed by atoms with Crippen molar-refractivity contribution in [2.45, 2.75) is 32.7 Å². The van der Waals surface area contributed by atoms with Gasteiger partial charge in [0.1, 0.15) is 0 Å². The molecule has 0 fully saturated rings. The summed E-state index contributed by atoms with van der Waals surface area (Å²) in [7, 11) is 2.01. The molecule has 84 valence electrons. The first-order chi connectivity index (χ1) is 6.88. The van der Waals surface area contributed by atoms with E-state index in [0.717, 1.165) is 24.5 Å². The van der Waals surface area contributed by atoms with Crippen LogP contribution in [0.15, 0.2) is 12.1 Å². The Hall–Kier alpha value is -1.16. The number of rotatable bonds is 4. The monoisotopic (exact) mass is 208 g/mol. The minimum atomic E-state index is -0.133. The third kappa shape index (κ3) is 4.25. The van der Waals surface area contributed by atoms with Crippen LogP contribution in [0.4, 0.5) is 5.82 Å². The van der Waals surface area contributed by atoms with Crippen LogP contribution >= 0.6 is 0 Å². The van der Waals surface area contributed by atoms with Gasteiger partial charge >= 0.3 is 0 Å². The van der Waals surface area contributed by atoms with Gasteiger partial charge in [-0.2, -0.15) is 5.10 Å². The van der Waals surface area contributed by atoms with Crippen molar-refractivity contribution in [3.8, 4) is 0 Å². The molecular formula is C11H20N4. The zero-order valence-electron chi connectivity index (χ0n) is 9.99. The summed E-state index contributed by atoms with van der Waals surface area (Å²) < 4.78 is 0. The molecule has 1 rings (SSSR count). The van der Waals surface area contributed by atoms with E-state index < -0.39 is 0 Å². The number of nitrogens with two attached hydrogens (primary N) is 1. The molecule has 0 amide bonds. The Kier molecular flexibility index (Phi) is 3.63. The second-order valence-electron chi connectivity index (χ2n) is 4.69. The summed E-state index contributed by atoms with van der Waals surface area (Å²) in [5.74, 6) is 0.893. The predicted molar refractivity (Wildman–Crippen MR) is 62.9 cm³/mol. The SMILES string of the molecule is Cc1ccc(N(C)CCC(C)(C)N)nn1. The Morgan fingerprint density at radius 1 is 1.33 bits per heavy atom. The Labute approximate surface area is 91.5 Å². The molecule has 0 aliphatic heterocycles. The minimum absolute atomic E-state index is 0.133. The number of nitrogens with zero attached hydrogens (tertiary/aromatic N) is 3. The van der Waals surface area contributed by atoms with E-state index in [1.165, 1.54) is 0 Å². The highest BCUT2D eigenvalue weighted by molar-refractivity contribution is 5.35. The van der Waals surface area contributed by atoms with Gasteiger partial charge in [0, 0.05) is 19.1 Å². The number of aromatic nitrogens is 2. The lowest BCUT2D eigenvalue weighted by atomic mass is 10.0. The van der Waals surface area contributed by atoms with Gasteiger partial charge in [0.25, 0.3) is 0 Å². The lowest BCUT2D eigenvalue weighted by molar-refractivity contribution is 0.478. The van der Waals surface area contributed by atoms with Crippen molar-refractivity contribution in [1.29, 1.82) is 0 Å². The lowest BCUT2D eigenvalue weighted by Crippen LogP contribution is -2.36. The van der Waals surface area contributed by atoms with Crippen LogP contribution in [0.3, 0.4) is 0 Å². The summed E-state index contributed by atoms with van der Waals surface area (Å²) in [4.78, 5) is 2.07. The molecule has 0 aromatic carbocycles. The van der Waals surface area contributed by atoms with E-state index in [-0.39, 0.29) is 5.54 Å². The standard InChI is InChI=1S/C11H20N4/c1-9-5-6-10(14-13-9)15(4)8-7-11(2,3)12/h5-6H,7-8,12H2,1-4H3. The maximum atomic E-state index is 5.92. The van der Waals surface area contributed by atoms with Crippen molar-refractivity contribution in [1.82, 2.24) is 10.2 Å². The second kappa shape index (κ2) is 4.57. The van der Waals surface area contributed by atoms with Crippen molar-refractivity contribution in [3.63, 3.8) is 0 Å². The van der Waals surface area contributed by atoms with E-state index in [1.807, 2.05) is 40.0 Å². The van der Waals surface area contributed by atoms with E-state index in [1.54, 1.807) is 0 Å². The van der Waals surface area contributed by atoms with Gasteiger partial charge < -0.3 is 10.6 Å². The molecule has 0 bridgehead atoms. The average molecular weight is 208 g/mol. The molecule has 4 heteroatoms. The summed E-state index contributed by atoms with van der Waals surface area (Å²) in [6.45, 7) is 6.88. The Bertz CT molecular complexity index is 299. The van der Waals surface area contributed by atoms with Gasteiger partial charge in [0.2, 0.25) is 0 Å². The fourth-order valence-corrected chi connectivity index (χ4v) is 1.17. The zero-order chi connectivity index (χ0) is 11.5. The van der Waals surface area contributed by atoms with Crippen LogP contribution in [0.5, 0.6) is 0 Å². The molecule has 0 radical (unpaired) electrons. The Morgan fingerprint density at radius 3 is 2.47 bits per heavy atom. The highest BCUT2D eigenvalue weighted by Gasteiger charge is 2.12. The van der Waals surface area contributed by atoms with E-state index in [2.05, 4.69) is 15.1 Å². The molecule has 0 atom stereocenters. The summed E-state index contributed by atoms with van der Waals surface area (Å²) in [6.07, 6.45) is 0.930. The van der Waals surface area contributed by atoms with Gasteiger partial charge in [-0.1, -0.05) is 0 Å². The van der Waals surface area contributed by atoms with Crippen molar-refractivity contribution < 1.29 is 0 Å². The van der Waals surface area contributed by atoms with Crippen LogP contribution in [0.1, 0.15) is 26.0 Å². The minimum Gasteiger partial charge on any atom is -0.358 e. The molecular weight excluding hydrogens is 188 g/mol. The van der Waals surface area contributed by atoms with Crippen LogP contribution in [0, 0.1) is 6.92 Å². The Balaban J connectivity index is 2.54. The topological polar surface area (TPSA) is 55.0 Å². The van der Waals surface area contributed by atoms with Crippen molar-refractivity contribution in [3.05, 3.63) is 17.8 Å². The van der Waals surface area contributed by atoms with Crippen molar-refractivity contribution >= 4 is 5.82 Å². The third-order valence-electron chi connectivity index (χ3n) is 2.27. The van der Waals surface area contributed by atoms with Crippen LogP contribution in [-0.2, 0) is 0 Å². The first-order valence-electron chi connectivity index (χ1n) is 5.19. The summed E-state index contributed by atoms with van der Waals surface area (Å²) in [5, 5.41) is 8.14. The molecule has 4 nitrogen and oxygen atoms in total. The fourth-order valence-electron chi connectivity index (χ4n) is 1.17. The maximum absolute atomic E-state index is 5.92. The van der Waals surface area contributed by atoms with Gasteiger partial charge in [0.15, 0.2) is 5.82 Å². The first kappa shape index (κ1) is 11.9. The van der Waals surface area contributed by atoms with E-state index in [9.17, 15) is 0 Å². The smallest absolute Gasteiger partial charge is 0.150 e. The fraction of sp³-hybridized carbons (Fsp3) is 0.636. The third-order valence-corrected chi connectivity index (χ3v) is 2.27. The number of hydrogen-bond donors (Lipinski definition) is 1. The summed E-state index contributed by atoms with van der Waals surface area (Å²) in [6, 6.07) is 3.94. The number of hydrogen-bond acceptors (Lipinski definition) is 4.